The minimum absolute atomic E-state index is 0.0809. The van der Waals surface area contributed by atoms with E-state index < -0.39 is 0 Å². The molecule has 1 aromatic heterocycles. The van der Waals surface area contributed by atoms with E-state index in [1.165, 1.54) is 26.2 Å². The molecule has 4 rings (SSSR count). The number of carbonyl (C=O) groups excluding carboxylic acids is 1. The minimum atomic E-state index is -0.384. The van der Waals surface area contributed by atoms with Crippen LogP contribution in [0.25, 0.3) is 22.3 Å². The van der Waals surface area contributed by atoms with E-state index in [9.17, 15) is 14.7 Å². The number of benzene rings is 2. The Bertz CT molecular complexity index is 1240. The molecule has 0 saturated carbocycles. The van der Waals surface area contributed by atoms with E-state index in [2.05, 4.69) is 4.90 Å². The Morgan fingerprint density at radius 3 is 2.75 bits per heavy atom. The standard InChI is InChI=1S/C24H24ClNO6/c1-13(27)31-12-17-15(8-9-26(17)2)22-21(30-3)11-19(29)23-18(28)10-20(32-24(22)23)14-6-4-5-7-16(14)25/h4-7,10-11,15,17,29H,8-9,12H2,1-3H3. The molecule has 2 atom stereocenters. The van der Waals surface area contributed by atoms with Crippen LogP contribution in [0.5, 0.6) is 11.5 Å². The smallest absolute Gasteiger partial charge is 0.302 e. The highest BCUT2D eigenvalue weighted by molar-refractivity contribution is 6.33. The van der Waals surface area contributed by atoms with Crippen molar-refractivity contribution >= 4 is 28.5 Å². The molecule has 7 nitrogen and oxygen atoms in total. The molecule has 2 heterocycles. The Balaban J connectivity index is 1.97. The number of nitrogens with zero attached hydrogens (tertiary/aromatic N) is 1. The third-order valence-electron chi connectivity index (χ3n) is 5.99. The van der Waals surface area contributed by atoms with Crippen molar-refractivity contribution < 1.29 is 23.8 Å². The summed E-state index contributed by atoms with van der Waals surface area (Å²) >= 11 is 6.34. The van der Waals surface area contributed by atoms with Crippen LogP contribution in [-0.2, 0) is 9.53 Å². The van der Waals surface area contributed by atoms with Crippen molar-refractivity contribution in [3.8, 4) is 22.8 Å². The molecule has 1 saturated heterocycles. The summed E-state index contributed by atoms with van der Waals surface area (Å²) in [4.78, 5) is 26.6. The first-order chi connectivity index (χ1) is 15.3. The number of rotatable bonds is 5. The minimum Gasteiger partial charge on any atom is -0.507 e. The number of hydrogen-bond donors (Lipinski definition) is 1. The van der Waals surface area contributed by atoms with Gasteiger partial charge < -0.3 is 19.0 Å². The predicted molar refractivity (Wildman–Crippen MR) is 122 cm³/mol. The van der Waals surface area contributed by atoms with Gasteiger partial charge in [-0.3, -0.25) is 14.5 Å². The van der Waals surface area contributed by atoms with Gasteiger partial charge in [-0.15, -0.1) is 0 Å². The average Bonchev–Trinajstić information content (AvgIpc) is 3.11. The number of esters is 1. The SMILES string of the molecule is COc1cc(O)c2c(=O)cc(-c3ccccc3Cl)oc2c1C1CCN(C)C1COC(C)=O. The maximum atomic E-state index is 13.0. The van der Waals surface area contributed by atoms with Gasteiger partial charge in [0.05, 0.1) is 18.2 Å². The Kier molecular flexibility index (Phi) is 6.13. The quantitative estimate of drug-likeness (QED) is 0.575. The number of phenols is 1. The van der Waals surface area contributed by atoms with Gasteiger partial charge in [-0.2, -0.15) is 0 Å². The van der Waals surface area contributed by atoms with E-state index in [0.29, 0.717) is 27.7 Å². The number of halogens is 1. The lowest BCUT2D eigenvalue weighted by Crippen LogP contribution is -2.34. The fraction of sp³-hybridized carbons (Fsp3) is 0.333. The van der Waals surface area contributed by atoms with Crippen molar-refractivity contribution in [1.29, 1.82) is 0 Å². The Morgan fingerprint density at radius 2 is 2.06 bits per heavy atom. The van der Waals surface area contributed by atoms with Crippen LogP contribution in [0.2, 0.25) is 5.02 Å². The molecule has 2 unspecified atom stereocenters. The van der Waals surface area contributed by atoms with Gasteiger partial charge in [0.15, 0.2) is 5.43 Å². The molecule has 8 heteroatoms. The Labute approximate surface area is 190 Å². The lowest BCUT2D eigenvalue weighted by molar-refractivity contribution is -0.142. The second-order valence-electron chi connectivity index (χ2n) is 7.92. The van der Waals surface area contributed by atoms with Crippen LogP contribution in [-0.4, -0.2) is 49.3 Å². The van der Waals surface area contributed by atoms with Gasteiger partial charge in [0.2, 0.25) is 0 Å². The first-order valence-corrected chi connectivity index (χ1v) is 10.7. The fourth-order valence-corrected chi connectivity index (χ4v) is 4.65. The molecule has 3 aromatic rings. The molecule has 1 aliphatic heterocycles. The summed E-state index contributed by atoms with van der Waals surface area (Å²) < 4.78 is 17.1. The van der Waals surface area contributed by atoms with Crippen LogP contribution < -0.4 is 10.2 Å². The molecule has 1 fully saturated rings. The van der Waals surface area contributed by atoms with Crippen molar-refractivity contribution in [2.75, 3.05) is 27.3 Å². The second kappa shape index (κ2) is 8.84. The molecule has 1 N–H and O–H groups in total. The molecule has 168 valence electrons. The zero-order valence-corrected chi connectivity index (χ0v) is 18.8. The Hall–Kier alpha value is -3.03. The van der Waals surface area contributed by atoms with E-state index in [-0.39, 0.29) is 46.7 Å². The highest BCUT2D eigenvalue weighted by Crippen LogP contribution is 2.45. The Morgan fingerprint density at radius 1 is 1.31 bits per heavy atom. The summed E-state index contributed by atoms with van der Waals surface area (Å²) in [6.07, 6.45) is 0.735. The van der Waals surface area contributed by atoms with Crippen molar-refractivity contribution in [2.24, 2.45) is 0 Å². The van der Waals surface area contributed by atoms with Gasteiger partial charge in [0.1, 0.15) is 34.8 Å². The number of fused-ring (bicyclic) bond motifs is 1. The number of hydrogen-bond acceptors (Lipinski definition) is 7. The van der Waals surface area contributed by atoms with Gasteiger partial charge in [-0.1, -0.05) is 23.7 Å². The van der Waals surface area contributed by atoms with Gasteiger partial charge >= 0.3 is 5.97 Å². The number of carbonyl (C=O) groups is 1. The highest BCUT2D eigenvalue weighted by atomic mass is 35.5. The number of methoxy groups -OCH3 is 1. The fourth-order valence-electron chi connectivity index (χ4n) is 4.42. The van der Waals surface area contributed by atoms with Crippen molar-refractivity contribution in [3.63, 3.8) is 0 Å². The molecule has 2 aromatic carbocycles. The molecule has 0 amide bonds. The molecule has 32 heavy (non-hydrogen) atoms. The van der Waals surface area contributed by atoms with E-state index in [1.807, 2.05) is 7.05 Å². The topological polar surface area (TPSA) is 89.2 Å². The summed E-state index contributed by atoms with van der Waals surface area (Å²) in [7, 11) is 3.45. The van der Waals surface area contributed by atoms with Gasteiger partial charge in [0, 0.05) is 36.1 Å². The molecule has 0 bridgehead atoms. The normalized spacial score (nSPS) is 18.8. The van der Waals surface area contributed by atoms with Crippen LogP contribution in [0.15, 0.2) is 45.6 Å². The third kappa shape index (κ3) is 3.94. The van der Waals surface area contributed by atoms with E-state index in [1.54, 1.807) is 24.3 Å². The summed E-state index contributed by atoms with van der Waals surface area (Å²) in [5.41, 5.74) is 1.09. The first-order valence-electron chi connectivity index (χ1n) is 10.3. The molecular weight excluding hydrogens is 434 g/mol. The summed E-state index contributed by atoms with van der Waals surface area (Å²) in [5, 5.41) is 11.1. The lowest BCUT2D eigenvalue weighted by atomic mass is 9.89. The van der Waals surface area contributed by atoms with E-state index in [4.69, 9.17) is 25.5 Å². The van der Waals surface area contributed by atoms with Crippen LogP contribution in [0.4, 0.5) is 0 Å². The maximum absolute atomic E-state index is 13.0. The summed E-state index contributed by atoms with van der Waals surface area (Å²) in [6.45, 7) is 2.32. The molecule has 1 aliphatic rings. The van der Waals surface area contributed by atoms with Gasteiger partial charge in [0.25, 0.3) is 0 Å². The lowest BCUT2D eigenvalue weighted by Gasteiger charge is -2.26. The summed E-state index contributed by atoms with van der Waals surface area (Å²) in [6, 6.07) is 9.69. The van der Waals surface area contributed by atoms with Crippen molar-refractivity contribution in [2.45, 2.75) is 25.3 Å². The van der Waals surface area contributed by atoms with Crippen LogP contribution in [0, 0.1) is 0 Å². The predicted octanol–water partition coefficient (Wildman–Crippen LogP) is 4.18. The van der Waals surface area contributed by atoms with Crippen LogP contribution in [0.1, 0.15) is 24.8 Å². The third-order valence-corrected chi connectivity index (χ3v) is 6.32. The highest BCUT2D eigenvalue weighted by Gasteiger charge is 2.38. The number of phenolic OH excluding ortho intramolecular Hbond substituents is 1. The monoisotopic (exact) mass is 457 g/mol. The van der Waals surface area contributed by atoms with E-state index in [0.717, 1.165) is 13.0 Å². The summed E-state index contributed by atoms with van der Waals surface area (Å²) in [5.74, 6) is -0.0309. The first kappa shape index (κ1) is 22.2. The van der Waals surface area contributed by atoms with Gasteiger partial charge in [-0.25, -0.2) is 0 Å². The number of likely N-dealkylation sites (N-methyl/N-ethyl adjacent to an activating group) is 1. The molecule has 0 radical (unpaired) electrons. The number of ether oxygens (including phenoxy) is 2. The van der Waals surface area contributed by atoms with Crippen LogP contribution in [0.3, 0.4) is 0 Å². The van der Waals surface area contributed by atoms with Crippen molar-refractivity contribution in [3.05, 3.63) is 57.2 Å². The molecular formula is C24H24ClNO6. The second-order valence-corrected chi connectivity index (χ2v) is 8.32. The molecule has 0 spiro atoms. The maximum Gasteiger partial charge on any atom is 0.302 e. The molecule has 0 aliphatic carbocycles. The van der Waals surface area contributed by atoms with Crippen LogP contribution >= 0.6 is 11.6 Å². The zero-order valence-electron chi connectivity index (χ0n) is 18.1. The van der Waals surface area contributed by atoms with Crippen molar-refractivity contribution in [1.82, 2.24) is 4.90 Å². The number of likely N-dealkylation sites (tertiary alicyclic amines) is 1. The number of aromatic hydroxyl groups is 1. The van der Waals surface area contributed by atoms with Gasteiger partial charge in [-0.05, 0) is 32.1 Å². The van der Waals surface area contributed by atoms with E-state index >= 15 is 0 Å². The average molecular weight is 458 g/mol. The largest absolute Gasteiger partial charge is 0.507 e. The zero-order chi connectivity index (χ0) is 23.0.